The smallest absolute Gasteiger partial charge is 0.254 e. The van der Waals surface area contributed by atoms with Crippen LogP contribution in [-0.4, -0.2) is 32.3 Å². The summed E-state index contributed by atoms with van der Waals surface area (Å²) < 4.78 is 10.00. The molecule has 6 heteroatoms. The molecule has 0 heterocycles. The monoisotopic (exact) mass is 249 g/mol. The van der Waals surface area contributed by atoms with Gasteiger partial charge in [-0.05, 0) is 24.3 Å². The number of carbonyl (C=O) groups is 1. The largest absolute Gasteiger partial charge is 0.479 e. The van der Waals surface area contributed by atoms with E-state index in [1.807, 2.05) is 6.07 Å². The maximum Gasteiger partial charge on any atom is 0.254 e. The van der Waals surface area contributed by atoms with Crippen LogP contribution in [0.3, 0.4) is 0 Å². The first kappa shape index (κ1) is 14.0. The molecule has 0 bridgehead atoms. The standard InChI is InChI=1S/C12H15N3O3/c1-17-11(8-14)12(16)15-9-2-4-10(5-3-9)18-7-6-13/h2-5,11H,7-8,14H2,1H3,(H,15,16). The van der Waals surface area contributed by atoms with E-state index in [2.05, 4.69) is 5.32 Å². The van der Waals surface area contributed by atoms with E-state index < -0.39 is 6.10 Å². The topological polar surface area (TPSA) is 97.4 Å². The number of nitrogens with zero attached hydrogens (tertiary/aromatic N) is 1. The fourth-order valence-corrected chi connectivity index (χ4v) is 1.28. The molecule has 0 aliphatic rings. The number of benzene rings is 1. The van der Waals surface area contributed by atoms with Crippen LogP contribution in [0.15, 0.2) is 24.3 Å². The van der Waals surface area contributed by atoms with Gasteiger partial charge in [0.2, 0.25) is 0 Å². The van der Waals surface area contributed by atoms with Crippen LogP contribution < -0.4 is 15.8 Å². The molecule has 1 aromatic rings. The number of ether oxygens (including phenoxy) is 2. The van der Waals surface area contributed by atoms with Crippen molar-refractivity contribution in [2.75, 3.05) is 25.6 Å². The molecular formula is C12H15N3O3. The third kappa shape index (κ3) is 4.05. The molecule has 1 rings (SSSR count). The van der Waals surface area contributed by atoms with Gasteiger partial charge in [0.05, 0.1) is 0 Å². The third-order valence-corrected chi connectivity index (χ3v) is 2.22. The minimum atomic E-state index is -0.667. The fourth-order valence-electron chi connectivity index (χ4n) is 1.28. The SMILES string of the molecule is COC(CN)C(=O)Nc1ccc(OCC#N)cc1. The molecule has 0 aliphatic carbocycles. The molecule has 0 aromatic heterocycles. The summed E-state index contributed by atoms with van der Waals surface area (Å²) in [6.07, 6.45) is -0.667. The lowest BCUT2D eigenvalue weighted by Crippen LogP contribution is -2.35. The molecule has 0 aliphatic heterocycles. The Morgan fingerprint density at radius 3 is 2.67 bits per heavy atom. The van der Waals surface area contributed by atoms with Gasteiger partial charge in [0.15, 0.2) is 6.61 Å². The molecule has 0 saturated heterocycles. The third-order valence-electron chi connectivity index (χ3n) is 2.22. The van der Waals surface area contributed by atoms with Crippen molar-refractivity contribution in [2.24, 2.45) is 5.73 Å². The van der Waals surface area contributed by atoms with Gasteiger partial charge in [0.25, 0.3) is 5.91 Å². The molecule has 18 heavy (non-hydrogen) atoms. The fraction of sp³-hybridized carbons (Fsp3) is 0.333. The van der Waals surface area contributed by atoms with Crippen molar-refractivity contribution >= 4 is 11.6 Å². The Kier molecular flexibility index (Phi) is 5.64. The zero-order chi connectivity index (χ0) is 13.4. The lowest BCUT2D eigenvalue weighted by atomic mass is 10.2. The van der Waals surface area contributed by atoms with Crippen molar-refractivity contribution in [2.45, 2.75) is 6.10 Å². The first-order chi connectivity index (χ1) is 8.71. The van der Waals surface area contributed by atoms with Crippen molar-refractivity contribution in [1.29, 1.82) is 5.26 Å². The molecule has 1 atom stereocenters. The molecule has 3 N–H and O–H groups in total. The molecule has 1 aromatic carbocycles. The van der Waals surface area contributed by atoms with Gasteiger partial charge in [-0.15, -0.1) is 0 Å². The van der Waals surface area contributed by atoms with E-state index in [0.29, 0.717) is 11.4 Å². The first-order valence-corrected chi connectivity index (χ1v) is 5.34. The van der Waals surface area contributed by atoms with Crippen molar-refractivity contribution in [3.8, 4) is 11.8 Å². The predicted molar refractivity (Wildman–Crippen MR) is 66.0 cm³/mol. The van der Waals surface area contributed by atoms with Crippen molar-refractivity contribution in [1.82, 2.24) is 0 Å². The van der Waals surface area contributed by atoms with Crippen molar-refractivity contribution in [3.63, 3.8) is 0 Å². The Balaban J connectivity index is 2.58. The normalized spacial score (nSPS) is 11.4. The second-order valence-corrected chi connectivity index (χ2v) is 3.42. The minimum absolute atomic E-state index is 0.00930. The number of nitrogens with two attached hydrogens (primary N) is 1. The zero-order valence-corrected chi connectivity index (χ0v) is 10.1. The minimum Gasteiger partial charge on any atom is -0.479 e. The zero-order valence-electron chi connectivity index (χ0n) is 10.1. The quantitative estimate of drug-likeness (QED) is 0.765. The van der Waals surface area contributed by atoms with Gasteiger partial charge in [0.1, 0.15) is 17.9 Å². The van der Waals surface area contributed by atoms with E-state index >= 15 is 0 Å². The van der Waals surface area contributed by atoms with Crippen LogP contribution in [0.1, 0.15) is 0 Å². The molecule has 1 unspecified atom stereocenters. The highest BCUT2D eigenvalue weighted by Gasteiger charge is 2.15. The summed E-state index contributed by atoms with van der Waals surface area (Å²) >= 11 is 0. The van der Waals surface area contributed by atoms with E-state index in [4.69, 9.17) is 20.5 Å². The van der Waals surface area contributed by atoms with Crippen LogP contribution in [0, 0.1) is 11.3 Å². The van der Waals surface area contributed by atoms with Crippen LogP contribution in [0.4, 0.5) is 5.69 Å². The van der Waals surface area contributed by atoms with Crippen LogP contribution in [0.5, 0.6) is 5.75 Å². The number of carbonyl (C=O) groups excluding carboxylic acids is 1. The highest BCUT2D eigenvalue weighted by Crippen LogP contribution is 2.15. The first-order valence-electron chi connectivity index (χ1n) is 5.34. The summed E-state index contributed by atoms with van der Waals surface area (Å²) in [5, 5.41) is 11.0. The molecule has 0 radical (unpaired) electrons. The number of hydrogen-bond donors (Lipinski definition) is 2. The molecule has 0 spiro atoms. The number of hydrogen-bond acceptors (Lipinski definition) is 5. The lowest BCUT2D eigenvalue weighted by Gasteiger charge is -2.13. The number of nitrogens with one attached hydrogen (secondary N) is 1. The number of nitriles is 1. The van der Waals surface area contributed by atoms with Crippen molar-refractivity contribution in [3.05, 3.63) is 24.3 Å². The summed E-state index contributed by atoms with van der Waals surface area (Å²) in [5.41, 5.74) is 5.99. The molecule has 1 amide bonds. The maximum atomic E-state index is 11.6. The Bertz CT molecular complexity index is 421. The molecule has 0 fully saturated rings. The van der Waals surface area contributed by atoms with E-state index in [1.54, 1.807) is 24.3 Å². The second-order valence-electron chi connectivity index (χ2n) is 3.42. The van der Waals surface area contributed by atoms with E-state index in [9.17, 15) is 4.79 Å². The average Bonchev–Trinajstić information content (AvgIpc) is 2.39. The molecule has 6 nitrogen and oxygen atoms in total. The Morgan fingerprint density at radius 1 is 1.50 bits per heavy atom. The number of anilines is 1. The number of methoxy groups -OCH3 is 1. The Morgan fingerprint density at radius 2 is 2.17 bits per heavy atom. The van der Waals surface area contributed by atoms with Crippen molar-refractivity contribution < 1.29 is 14.3 Å². The highest BCUT2D eigenvalue weighted by molar-refractivity contribution is 5.94. The Labute approximate surface area is 105 Å². The van der Waals surface area contributed by atoms with Gasteiger partial charge >= 0.3 is 0 Å². The van der Waals surface area contributed by atoms with Crippen LogP contribution in [0.2, 0.25) is 0 Å². The molecule has 0 saturated carbocycles. The number of rotatable bonds is 6. The summed E-state index contributed by atoms with van der Waals surface area (Å²) in [7, 11) is 1.43. The summed E-state index contributed by atoms with van der Waals surface area (Å²) in [5.74, 6) is 0.266. The highest BCUT2D eigenvalue weighted by atomic mass is 16.5. The van der Waals surface area contributed by atoms with Gasteiger partial charge < -0.3 is 20.5 Å². The van der Waals surface area contributed by atoms with E-state index in [-0.39, 0.29) is 19.1 Å². The summed E-state index contributed by atoms with van der Waals surface area (Å²) in [6.45, 7) is 0.107. The van der Waals surface area contributed by atoms with Gasteiger partial charge in [-0.3, -0.25) is 4.79 Å². The summed E-state index contributed by atoms with van der Waals surface area (Å²) in [4.78, 5) is 11.6. The lowest BCUT2D eigenvalue weighted by molar-refractivity contribution is -0.125. The average molecular weight is 249 g/mol. The Hall–Kier alpha value is -2.10. The van der Waals surface area contributed by atoms with Crippen LogP contribution >= 0.6 is 0 Å². The van der Waals surface area contributed by atoms with Crippen LogP contribution in [-0.2, 0) is 9.53 Å². The van der Waals surface area contributed by atoms with Crippen LogP contribution in [0.25, 0.3) is 0 Å². The number of amides is 1. The maximum absolute atomic E-state index is 11.6. The van der Waals surface area contributed by atoms with Gasteiger partial charge in [-0.2, -0.15) is 5.26 Å². The second kappa shape index (κ2) is 7.27. The van der Waals surface area contributed by atoms with E-state index in [0.717, 1.165) is 0 Å². The van der Waals surface area contributed by atoms with Gasteiger partial charge in [-0.1, -0.05) is 0 Å². The molecule has 96 valence electrons. The predicted octanol–water partition coefficient (Wildman–Crippen LogP) is 0.501. The van der Waals surface area contributed by atoms with Gasteiger partial charge in [-0.25, -0.2) is 0 Å². The molecular weight excluding hydrogens is 234 g/mol. The van der Waals surface area contributed by atoms with Gasteiger partial charge in [0, 0.05) is 19.3 Å². The van der Waals surface area contributed by atoms with E-state index in [1.165, 1.54) is 7.11 Å². The summed E-state index contributed by atoms with van der Waals surface area (Å²) in [6, 6.07) is 8.55.